The molecular formula is C21H21F4N3O3. The number of anilines is 1. The van der Waals surface area contributed by atoms with Crippen LogP contribution in [0.4, 0.5) is 28.0 Å². The normalized spacial score (nSPS) is 14.4. The van der Waals surface area contributed by atoms with Crippen molar-refractivity contribution in [2.45, 2.75) is 26.0 Å². The highest BCUT2D eigenvalue weighted by atomic mass is 19.3. The number of carbonyl (C=O) groups excluding carboxylic acids is 2. The average Bonchev–Trinajstić information content (AvgIpc) is 2.75. The maximum atomic E-state index is 13.8. The number of hydrogen-bond acceptors (Lipinski definition) is 3. The Labute approximate surface area is 176 Å². The summed E-state index contributed by atoms with van der Waals surface area (Å²) in [5, 5.41) is 5.31. The first kappa shape index (κ1) is 22.4. The maximum Gasteiger partial charge on any atom is 0.387 e. The number of alkyl halides is 2. The van der Waals surface area contributed by atoms with Crippen LogP contribution in [-0.4, -0.2) is 36.5 Å². The summed E-state index contributed by atoms with van der Waals surface area (Å²) in [5.41, 5.74) is 0.882. The molecule has 0 unspecified atom stereocenters. The van der Waals surface area contributed by atoms with Gasteiger partial charge in [-0.05, 0) is 42.7 Å². The number of halogens is 4. The summed E-state index contributed by atoms with van der Waals surface area (Å²) in [6.07, 6.45) is 0.913. The lowest BCUT2D eigenvalue weighted by Crippen LogP contribution is -2.44. The van der Waals surface area contributed by atoms with Gasteiger partial charge in [-0.1, -0.05) is 12.1 Å². The molecule has 0 spiro atoms. The van der Waals surface area contributed by atoms with Crippen molar-refractivity contribution in [2.24, 2.45) is 5.92 Å². The number of carbonyl (C=O) groups is 2. The van der Waals surface area contributed by atoms with Gasteiger partial charge in [-0.3, -0.25) is 4.79 Å². The van der Waals surface area contributed by atoms with Crippen molar-refractivity contribution >= 4 is 17.6 Å². The molecule has 2 aromatic carbocycles. The van der Waals surface area contributed by atoms with E-state index in [0.717, 1.165) is 17.7 Å². The number of hydrogen-bond donors (Lipinski definition) is 2. The molecule has 3 amide bonds. The molecule has 1 aliphatic heterocycles. The number of nitrogens with zero attached hydrogens (tertiary/aromatic N) is 1. The minimum atomic E-state index is -3.15. The molecular weight excluding hydrogens is 418 g/mol. The van der Waals surface area contributed by atoms with Crippen LogP contribution in [0.2, 0.25) is 0 Å². The first-order chi connectivity index (χ1) is 14.8. The van der Waals surface area contributed by atoms with Crippen molar-refractivity contribution < 1.29 is 31.9 Å². The molecule has 10 heteroatoms. The van der Waals surface area contributed by atoms with Gasteiger partial charge in [0, 0.05) is 37.3 Å². The Morgan fingerprint density at radius 3 is 2.35 bits per heavy atom. The lowest BCUT2D eigenvalue weighted by Gasteiger charge is -2.31. The Balaban J connectivity index is 1.45. The number of piperidine rings is 1. The number of rotatable bonds is 6. The number of urea groups is 1. The smallest absolute Gasteiger partial charge is 0.387 e. The van der Waals surface area contributed by atoms with E-state index in [4.69, 9.17) is 0 Å². The topological polar surface area (TPSA) is 70.7 Å². The van der Waals surface area contributed by atoms with E-state index in [9.17, 15) is 27.2 Å². The van der Waals surface area contributed by atoms with Crippen molar-refractivity contribution in [3.05, 3.63) is 59.7 Å². The third-order valence-corrected chi connectivity index (χ3v) is 4.93. The van der Waals surface area contributed by atoms with Gasteiger partial charge in [-0.25, -0.2) is 13.6 Å². The van der Waals surface area contributed by atoms with Crippen molar-refractivity contribution in [3.63, 3.8) is 0 Å². The Morgan fingerprint density at radius 1 is 1.06 bits per heavy atom. The zero-order valence-electron chi connectivity index (χ0n) is 16.4. The Morgan fingerprint density at radius 2 is 1.74 bits per heavy atom. The van der Waals surface area contributed by atoms with Gasteiger partial charge in [0.05, 0.1) is 0 Å². The van der Waals surface area contributed by atoms with Crippen molar-refractivity contribution in [1.29, 1.82) is 0 Å². The van der Waals surface area contributed by atoms with Crippen molar-refractivity contribution in [1.82, 2.24) is 10.2 Å². The van der Waals surface area contributed by atoms with E-state index in [0.29, 0.717) is 25.9 Å². The van der Waals surface area contributed by atoms with Crippen LogP contribution in [-0.2, 0) is 11.3 Å². The summed E-state index contributed by atoms with van der Waals surface area (Å²) < 4.78 is 55.1. The number of benzene rings is 2. The fourth-order valence-corrected chi connectivity index (χ4v) is 3.25. The highest BCUT2D eigenvalue weighted by Gasteiger charge is 2.27. The lowest BCUT2D eigenvalue weighted by molar-refractivity contribution is -0.126. The van der Waals surface area contributed by atoms with Crippen LogP contribution in [0.15, 0.2) is 42.5 Å². The second-order valence-corrected chi connectivity index (χ2v) is 7.06. The molecule has 0 radical (unpaired) electrons. The molecule has 2 N–H and O–H groups in total. The molecule has 0 saturated carbocycles. The fraction of sp³-hybridized carbons (Fsp3) is 0.333. The second-order valence-electron chi connectivity index (χ2n) is 7.06. The molecule has 6 nitrogen and oxygen atoms in total. The van der Waals surface area contributed by atoms with E-state index in [1.54, 1.807) is 12.1 Å². The molecule has 1 saturated heterocycles. The maximum absolute atomic E-state index is 13.8. The quantitative estimate of drug-likeness (QED) is 0.665. The molecule has 2 aromatic rings. The van der Waals surface area contributed by atoms with E-state index >= 15 is 0 Å². The fourth-order valence-electron chi connectivity index (χ4n) is 3.25. The van der Waals surface area contributed by atoms with Crippen molar-refractivity contribution in [2.75, 3.05) is 18.4 Å². The minimum Gasteiger partial charge on any atom is -0.432 e. The SMILES string of the molecule is O=C(NCc1ccc(F)cc1)C1CCN(C(=O)Nc2ccc(OC(F)F)c(F)c2)CC1. The lowest BCUT2D eigenvalue weighted by atomic mass is 9.96. The number of ether oxygens (including phenoxy) is 1. The Bertz CT molecular complexity index is 917. The van der Waals surface area contributed by atoms with Gasteiger partial charge in [0.25, 0.3) is 0 Å². The van der Waals surface area contributed by atoms with Gasteiger partial charge in [0.1, 0.15) is 5.82 Å². The first-order valence-corrected chi connectivity index (χ1v) is 9.64. The molecule has 1 heterocycles. The number of likely N-dealkylation sites (tertiary alicyclic amines) is 1. The second kappa shape index (κ2) is 10.1. The van der Waals surface area contributed by atoms with Gasteiger partial charge in [-0.2, -0.15) is 8.78 Å². The largest absolute Gasteiger partial charge is 0.432 e. The van der Waals surface area contributed by atoms with Gasteiger partial charge >= 0.3 is 12.6 Å². The van der Waals surface area contributed by atoms with E-state index in [1.807, 2.05) is 0 Å². The predicted molar refractivity (Wildman–Crippen MR) is 105 cm³/mol. The summed E-state index contributed by atoms with van der Waals surface area (Å²) in [4.78, 5) is 26.2. The van der Waals surface area contributed by atoms with E-state index in [-0.39, 0.29) is 29.9 Å². The van der Waals surface area contributed by atoms with Crippen LogP contribution in [0.5, 0.6) is 5.75 Å². The third-order valence-electron chi connectivity index (χ3n) is 4.93. The Kier molecular flexibility index (Phi) is 7.32. The molecule has 31 heavy (non-hydrogen) atoms. The predicted octanol–water partition coefficient (Wildman–Crippen LogP) is 4.13. The third kappa shape index (κ3) is 6.34. The molecule has 0 atom stereocenters. The highest BCUT2D eigenvalue weighted by molar-refractivity contribution is 5.89. The van der Waals surface area contributed by atoms with Gasteiger partial charge in [-0.15, -0.1) is 0 Å². The zero-order chi connectivity index (χ0) is 22.4. The number of amides is 3. The molecule has 166 valence electrons. The zero-order valence-corrected chi connectivity index (χ0v) is 16.4. The van der Waals surface area contributed by atoms with Gasteiger partial charge in [0.2, 0.25) is 5.91 Å². The van der Waals surface area contributed by atoms with Crippen molar-refractivity contribution in [3.8, 4) is 5.75 Å². The summed E-state index contributed by atoms with van der Waals surface area (Å²) >= 11 is 0. The molecule has 0 bridgehead atoms. The summed E-state index contributed by atoms with van der Waals surface area (Å²) in [6.45, 7) is -2.20. The van der Waals surface area contributed by atoms with E-state index in [1.165, 1.54) is 23.1 Å². The molecule has 1 fully saturated rings. The summed E-state index contributed by atoms with van der Waals surface area (Å²) in [6, 6.07) is 8.52. The molecule has 3 rings (SSSR count). The van der Waals surface area contributed by atoms with Gasteiger partial charge < -0.3 is 20.3 Å². The van der Waals surface area contributed by atoms with E-state index < -0.39 is 24.2 Å². The van der Waals surface area contributed by atoms with Crippen LogP contribution < -0.4 is 15.4 Å². The van der Waals surface area contributed by atoms with Gasteiger partial charge in [0.15, 0.2) is 11.6 Å². The highest BCUT2D eigenvalue weighted by Crippen LogP contribution is 2.24. The molecule has 0 aromatic heterocycles. The van der Waals surface area contributed by atoms with Crippen LogP contribution in [0, 0.1) is 17.6 Å². The van der Waals surface area contributed by atoms with Crippen LogP contribution in [0.25, 0.3) is 0 Å². The van der Waals surface area contributed by atoms with Crippen LogP contribution in [0.1, 0.15) is 18.4 Å². The summed E-state index contributed by atoms with van der Waals surface area (Å²) in [5.74, 6) is -2.37. The first-order valence-electron chi connectivity index (χ1n) is 9.64. The van der Waals surface area contributed by atoms with Crippen LogP contribution >= 0.6 is 0 Å². The van der Waals surface area contributed by atoms with E-state index in [2.05, 4.69) is 15.4 Å². The monoisotopic (exact) mass is 439 g/mol. The average molecular weight is 439 g/mol. The standard InChI is InChI=1S/C21H21F4N3O3/c22-15-3-1-13(2-4-15)12-26-19(29)14-7-9-28(10-8-14)21(30)27-16-5-6-18(17(23)11-16)31-20(24)25/h1-6,11,14,20H,7-10,12H2,(H,26,29)(H,27,30). The van der Waals surface area contributed by atoms with Crippen LogP contribution in [0.3, 0.4) is 0 Å². The summed E-state index contributed by atoms with van der Waals surface area (Å²) in [7, 11) is 0. The minimum absolute atomic E-state index is 0.100. The molecule has 1 aliphatic rings. The number of nitrogens with one attached hydrogen (secondary N) is 2. The molecule has 0 aliphatic carbocycles. The Hall–Kier alpha value is -3.30.